The molecule has 3 aromatic rings. The average Bonchev–Trinajstić information content (AvgIpc) is 2.66. The Morgan fingerprint density at radius 3 is 2.60 bits per heavy atom. The molecule has 0 amide bonds. The number of aromatic nitrogens is 2. The van der Waals surface area contributed by atoms with Crippen LogP contribution in [-0.2, 0) is 4.74 Å². The fourth-order valence-corrected chi connectivity index (χ4v) is 2.66. The summed E-state index contributed by atoms with van der Waals surface area (Å²) in [6.07, 6.45) is 1.03. The van der Waals surface area contributed by atoms with Crippen molar-refractivity contribution in [2.24, 2.45) is 0 Å². The number of esters is 1. The van der Waals surface area contributed by atoms with Crippen molar-refractivity contribution in [3.8, 4) is 0 Å². The van der Waals surface area contributed by atoms with Crippen molar-refractivity contribution in [2.75, 3.05) is 19.1 Å². The molecular formula is C18H17N5O2. The van der Waals surface area contributed by atoms with E-state index in [-0.39, 0.29) is 5.62 Å². The van der Waals surface area contributed by atoms with Crippen LogP contribution in [-0.4, -0.2) is 36.0 Å². The Bertz CT molecular complexity index is 1010. The zero-order chi connectivity index (χ0) is 18.0. The molecule has 7 heteroatoms. The van der Waals surface area contributed by atoms with E-state index in [4.69, 9.17) is 15.6 Å². The SMILES string of the molecule is COC(=O)c1ccc2c(c1)c(N(C)c1ccccc1)nc(=N)n2C=N. The summed E-state index contributed by atoms with van der Waals surface area (Å²) >= 11 is 0. The Morgan fingerprint density at radius 1 is 1.24 bits per heavy atom. The van der Waals surface area contributed by atoms with Crippen molar-refractivity contribution in [2.45, 2.75) is 0 Å². The molecule has 1 aromatic heterocycles. The molecule has 0 aliphatic heterocycles. The van der Waals surface area contributed by atoms with Crippen LogP contribution >= 0.6 is 0 Å². The third-order valence-corrected chi connectivity index (χ3v) is 3.95. The third kappa shape index (κ3) is 2.87. The highest BCUT2D eigenvalue weighted by Crippen LogP contribution is 2.28. The van der Waals surface area contributed by atoms with E-state index >= 15 is 0 Å². The van der Waals surface area contributed by atoms with Crippen LogP contribution in [0.3, 0.4) is 0 Å². The van der Waals surface area contributed by atoms with Crippen LogP contribution in [0.5, 0.6) is 0 Å². The summed E-state index contributed by atoms with van der Waals surface area (Å²) in [7, 11) is 3.17. The number of rotatable bonds is 4. The normalized spacial score (nSPS) is 10.5. The highest BCUT2D eigenvalue weighted by Gasteiger charge is 2.16. The molecule has 1 heterocycles. The van der Waals surface area contributed by atoms with E-state index in [9.17, 15) is 4.79 Å². The topological polar surface area (TPSA) is 95.1 Å². The molecule has 0 saturated carbocycles. The van der Waals surface area contributed by atoms with E-state index in [1.165, 1.54) is 11.7 Å². The van der Waals surface area contributed by atoms with Crippen molar-refractivity contribution in [1.82, 2.24) is 9.55 Å². The Morgan fingerprint density at radius 2 is 1.96 bits per heavy atom. The predicted molar refractivity (Wildman–Crippen MR) is 95.6 cm³/mol. The number of benzene rings is 2. The number of hydrogen-bond acceptors (Lipinski definition) is 6. The zero-order valence-electron chi connectivity index (χ0n) is 13.9. The maximum Gasteiger partial charge on any atom is 0.337 e. The summed E-state index contributed by atoms with van der Waals surface area (Å²) in [6, 6.07) is 14.6. The van der Waals surface area contributed by atoms with Gasteiger partial charge in [-0.05, 0) is 30.3 Å². The largest absolute Gasteiger partial charge is 0.465 e. The quantitative estimate of drug-likeness (QED) is 0.435. The van der Waals surface area contributed by atoms with Crippen LogP contribution in [0.1, 0.15) is 10.4 Å². The van der Waals surface area contributed by atoms with Gasteiger partial charge in [-0.2, -0.15) is 4.98 Å². The van der Waals surface area contributed by atoms with Crippen LogP contribution in [0.15, 0.2) is 48.5 Å². The number of methoxy groups -OCH3 is 1. The first-order valence-electron chi connectivity index (χ1n) is 7.55. The van der Waals surface area contributed by atoms with Crippen LogP contribution in [0.4, 0.5) is 11.5 Å². The Kier molecular flexibility index (Phi) is 4.30. The van der Waals surface area contributed by atoms with Crippen LogP contribution in [0.25, 0.3) is 10.9 Å². The molecule has 3 rings (SSSR count). The minimum absolute atomic E-state index is 0.0638. The van der Waals surface area contributed by atoms with Gasteiger partial charge in [0.15, 0.2) is 0 Å². The molecular weight excluding hydrogens is 318 g/mol. The van der Waals surface area contributed by atoms with Gasteiger partial charge < -0.3 is 9.64 Å². The minimum Gasteiger partial charge on any atom is -0.465 e. The van der Waals surface area contributed by atoms with Gasteiger partial charge in [0, 0.05) is 18.1 Å². The van der Waals surface area contributed by atoms with E-state index in [1.54, 1.807) is 18.2 Å². The van der Waals surface area contributed by atoms with Crippen LogP contribution in [0, 0.1) is 10.8 Å². The number of ether oxygens (including phenoxy) is 1. The maximum absolute atomic E-state index is 11.9. The number of anilines is 2. The van der Waals surface area contributed by atoms with Gasteiger partial charge in [-0.25, -0.2) is 4.79 Å². The predicted octanol–water partition coefficient (Wildman–Crippen LogP) is 2.53. The van der Waals surface area contributed by atoms with Crippen molar-refractivity contribution in [3.05, 3.63) is 59.7 Å². The molecule has 0 aliphatic carbocycles. The molecule has 0 radical (unpaired) electrons. The van der Waals surface area contributed by atoms with Gasteiger partial charge in [-0.15, -0.1) is 0 Å². The van der Waals surface area contributed by atoms with Crippen LogP contribution in [0.2, 0.25) is 0 Å². The second-order valence-electron chi connectivity index (χ2n) is 5.38. The van der Waals surface area contributed by atoms with Gasteiger partial charge in [0.05, 0.1) is 24.5 Å². The molecule has 25 heavy (non-hydrogen) atoms. The molecule has 0 atom stereocenters. The lowest BCUT2D eigenvalue weighted by atomic mass is 10.1. The van der Waals surface area contributed by atoms with Gasteiger partial charge in [-0.3, -0.25) is 15.4 Å². The van der Waals surface area contributed by atoms with E-state index in [0.717, 1.165) is 12.0 Å². The summed E-state index contributed by atoms with van der Waals surface area (Å²) in [5.74, 6) is 0.0709. The molecule has 0 fully saturated rings. The first-order valence-corrected chi connectivity index (χ1v) is 7.55. The highest BCUT2D eigenvalue weighted by atomic mass is 16.5. The molecule has 126 valence electrons. The lowest BCUT2D eigenvalue weighted by molar-refractivity contribution is 0.0601. The van der Waals surface area contributed by atoms with Gasteiger partial charge in [0.25, 0.3) is 0 Å². The van der Waals surface area contributed by atoms with E-state index < -0.39 is 5.97 Å². The number of nitrogens with zero attached hydrogens (tertiary/aromatic N) is 3. The number of carbonyl (C=O) groups is 1. The molecule has 0 spiro atoms. The monoisotopic (exact) mass is 335 g/mol. The average molecular weight is 335 g/mol. The molecule has 7 nitrogen and oxygen atoms in total. The number of carbonyl (C=O) groups excluding carboxylic acids is 1. The van der Waals surface area contributed by atoms with E-state index in [1.807, 2.05) is 42.3 Å². The second-order valence-corrected chi connectivity index (χ2v) is 5.38. The molecule has 0 unspecified atom stereocenters. The fraction of sp³-hybridized carbons (Fsp3) is 0.111. The summed E-state index contributed by atoms with van der Waals surface area (Å²) in [5, 5.41) is 16.3. The van der Waals surface area contributed by atoms with Gasteiger partial charge >= 0.3 is 5.97 Å². The molecule has 0 bridgehead atoms. The molecule has 2 aromatic carbocycles. The maximum atomic E-state index is 11.9. The Hall–Kier alpha value is -3.48. The highest BCUT2D eigenvalue weighted by molar-refractivity contribution is 6.00. The van der Waals surface area contributed by atoms with E-state index in [2.05, 4.69) is 4.98 Å². The van der Waals surface area contributed by atoms with Crippen molar-refractivity contribution < 1.29 is 9.53 Å². The standard InChI is InChI=1S/C18H17N5O2/c1-22(13-6-4-3-5-7-13)16-14-10-12(17(24)25-2)8-9-15(14)23(11-19)18(20)21-16/h3-11,19-20H,1-2H3. The summed E-state index contributed by atoms with van der Waals surface area (Å²) in [4.78, 5) is 18.1. The van der Waals surface area contributed by atoms with Gasteiger partial charge in [0.1, 0.15) is 5.82 Å². The minimum atomic E-state index is -0.452. The summed E-state index contributed by atoms with van der Waals surface area (Å²) < 4.78 is 6.13. The van der Waals surface area contributed by atoms with Crippen molar-refractivity contribution >= 4 is 34.7 Å². The first-order chi connectivity index (χ1) is 12.1. The van der Waals surface area contributed by atoms with Gasteiger partial charge in [-0.1, -0.05) is 18.2 Å². The third-order valence-electron chi connectivity index (χ3n) is 3.95. The first kappa shape index (κ1) is 16.4. The van der Waals surface area contributed by atoms with Crippen molar-refractivity contribution in [1.29, 1.82) is 10.8 Å². The molecule has 2 N–H and O–H groups in total. The Labute approximate surface area is 144 Å². The zero-order valence-corrected chi connectivity index (χ0v) is 13.9. The van der Waals surface area contributed by atoms with Crippen LogP contribution < -0.4 is 10.5 Å². The fourth-order valence-electron chi connectivity index (χ4n) is 2.66. The lowest BCUT2D eigenvalue weighted by Crippen LogP contribution is -2.26. The van der Waals surface area contributed by atoms with Crippen molar-refractivity contribution in [3.63, 3.8) is 0 Å². The Balaban J connectivity index is 2.31. The number of hydrogen-bond donors (Lipinski definition) is 2. The second kappa shape index (κ2) is 6.56. The smallest absolute Gasteiger partial charge is 0.337 e. The summed E-state index contributed by atoms with van der Waals surface area (Å²) in [6.45, 7) is 0. The van der Waals surface area contributed by atoms with Gasteiger partial charge in [0.2, 0.25) is 5.62 Å². The number of para-hydroxylation sites is 1. The lowest BCUT2D eigenvalue weighted by Gasteiger charge is -2.21. The number of nitrogens with one attached hydrogen (secondary N) is 2. The molecule has 0 saturated heterocycles. The summed E-state index contributed by atoms with van der Waals surface area (Å²) in [5.41, 5.74) is 1.83. The molecule has 0 aliphatic rings. The number of fused-ring (bicyclic) bond motifs is 1. The van der Waals surface area contributed by atoms with E-state index in [0.29, 0.717) is 22.3 Å².